The van der Waals surface area contributed by atoms with Crippen LogP contribution in [0.15, 0.2) is 47.6 Å². The second kappa shape index (κ2) is 12.6. The van der Waals surface area contributed by atoms with Gasteiger partial charge in [0.1, 0.15) is 6.17 Å². The summed E-state index contributed by atoms with van der Waals surface area (Å²) in [7, 11) is 0. The van der Waals surface area contributed by atoms with Crippen LogP contribution >= 0.6 is 0 Å². The van der Waals surface area contributed by atoms with Crippen molar-refractivity contribution in [1.29, 1.82) is 0 Å². The molecule has 0 aromatic rings. The van der Waals surface area contributed by atoms with Crippen molar-refractivity contribution in [3.8, 4) is 0 Å². The van der Waals surface area contributed by atoms with Crippen LogP contribution in [0.3, 0.4) is 0 Å². The summed E-state index contributed by atoms with van der Waals surface area (Å²) in [5.74, 6) is 0.0882. The molecule has 10 heteroatoms. The van der Waals surface area contributed by atoms with Gasteiger partial charge in [-0.15, -0.1) is 0 Å². The smallest absolute Gasteiger partial charge is 0.393 e. The summed E-state index contributed by atoms with van der Waals surface area (Å²) >= 11 is 0. The molecular weight excluding hydrogens is 577 g/mol. The van der Waals surface area contributed by atoms with Gasteiger partial charge in [-0.1, -0.05) is 50.6 Å². The number of hydrogen-bond acceptors (Lipinski definition) is 3. The van der Waals surface area contributed by atoms with Crippen LogP contribution in [0, 0.1) is 22.7 Å². The van der Waals surface area contributed by atoms with E-state index in [1.165, 1.54) is 5.57 Å². The van der Waals surface area contributed by atoms with E-state index in [4.69, 9.17) is 0 Å². The minimum absolute atomic E-state index is 0.0267. The Bertz CT molecular complexity index is 1080. The molecule has 0 heterocycles. The maximum Gasteiger partial charge on any atom is 0.429 e. The van der Waals surface area contributed by atoms with Gasteiger partial charge in [-0.3, -0.25) is 0 Å². The predicted molar refractivity (Wildman–Crippen MR) is 153 cm³/mol. The fraction of sp³-hybridized carbons (Fsp3) is 0.758. The average Bonchev–Trinajstić information content (AvgIpc) is 3.21. The first-order valence-electron chi connectivity index (χ1n) is 15.2. The van der Waals surface area contributed by atoms with Gasteiger partial charge >= 0.3 is 12.4 Å². The quantitative estimate of drug-likeness (QED) is 0.177. The normalized spacial score (nSPS) is 32.9. The van der Waals surface area contributed by atoms with E-state index in [0.29, 0.717) is 36.8 Å². The molecule has 3 aliphatic rings. The fourth-order valence-corrected chi connectivity index (χ4v) is 8.01. The zero-order chi connectivity index (χ0) is 32.6. The SMILES string of the molecule is C=C1C(=CC=C2CCC[C@@]3(C)C2CCC3[C@@](C)(CC=CC(O)(C(F)(F)F)C(F)(F)F)CCCC(C)(C)O)C[C@@H](O)C[C@@H]1F. The summed E-state index contributed by atoms with van der Waals surface area (Å²) in [5, 5.41) is 30.0. The van der Waals surface area contributed by atoms with Gasteiger partial charge in [0.25, 0.3) is 5.60 Å². The van der Waals surface area contributed by atoms with E-state index in [1.54, 1.807) is 13.8 Å². The zero-order valence-electron chi connectivity index (χ0n) is 25.6. The summed E-state index contributed by atoms with van der Waals surface area (Å²) in [6.07, 6.45) is -3.71. The molecule has 0 spiro atoms. The molecule has 3 aliphatic carbocycles. The number of aliphatic hydroxyl groups excluding tert-OH is 1. The molecule has 0 saturated heterocycles. The van der Waals surface area contributed by atoms with Crippen molar-refractivity contribution in [1.82, 2.24) is 0 Å². The second-order valence-electron chi connectivity index (χ2n) is 14.3. The number of alkyl halides is 7. The van der Waals surface area contributed by atoms with Crippen LogP contribution in [0.5, 0.6) is 0 Å². The van der Waals surface area contributed by atoms with E-state index in [2.05, 4.69) is 13.5 Å². The topological polar surface area (TPSA) is 60.7 Å². The lowest BCUT2D eigenvalue weighted by Gasteiger charge is -2.49. The van der Waals surface area contributed by atoms with Crippen molar-refractivity contribution in [2.45, 2.75) is 134 Å². The lowest BCUT2D eigenvalue weighted by atomic mass is 9.55. The van der Waals surface area contributed by atoms with Gasteiger partial charge < -0.3 is 15.3 Å². The molecule has 2 unspecified atom stereocenters. The van der Waals surface area contributed by atoms with Crippen molar-refractivity contribution in [3.05, 3.63) is 47.6 Å². The van der Waals surface area contributed by atoms with Crippen molar-refractivity contribution in [2.24, 2.45) is 22.7 Å². The van der Waals surface area contributed by atoms with Gasteiger partial charge in [0, 0.05) is 6.42 Å². The first kappa shape index (κ1) is 35.8. The molecule has 0 aromatic heterocycles. The highest BCUT2D eigenvalue weighted by molar-refractivity contribution is 5.39. The number of aliphatic hydroxyl groups is 3. The van der Waals surface area contributed by atoms with Crippen LogP contribution in [0.2, 0.25) is 0 Å². The standard InChI is InChI=1S/C33H47F7O3/c1-21-23(19-24(41)20-26(21)34)11-10-22-9-6-17-30(5)25(22)12-13-27(30)29(4,15-7-14-28(2,3)42)16-8-18-31(43,32(35,36)37)33(38,39)40/h8,10-11,18,24-27,41-43H,1,6-7,9,12-17,19-20H2,2-5H3/t24-,25?,26+,27?,29-,30+/m1/s1. The third-order valence-electron chi connectivity index (χ3n) is 10.4. The number of fused-ring (bicyclic) bond motifs is 1. The predicted octanol–water partition coefficient (Wildman–Crippen LogP) is 8.85. The van der Waals surface area contributed by atoms with Crippen molar-refractivity contribution < 1.29 is 46.1 Å². The number of rotatable bonds is 9. The van der Waals surface area contributed by atoms with Crippen molar-refractivity contribution in [3.63, 3.8) is 0 Å². The lowest BCUT2D eigenvalue weighted by molar-refractivity contribution is -0.347. The highest BCUT2D eigenvalue weighted by Gasteiger charge is 2.69. The molecule has 43 heavy (non-hydrogen) atoms. The molecule has 3 N–H and O–H groups in total. The number of halogens is 7. The zero-order valence-corrected chi connectivity index (χ0v) is 25.6. The first-order valence-corrected chi connectivity index (χ1v) is 15.2. The van der Waals surface area contributed by atoms with Gasteiger partial charge in [0.15, 0.2) is 0 Å². The fourth-order valence-electron chi connectivity index (χ4n) is 8.01. The third kappa shape index (κ3) is 7.78. The van der Waals surface area contributed by atoms with Crippen LogP contribution in [0.1, 0.15) is 98.3 Å². The Morgan fingerprint density at radius 2 is 1.60 bits per heavy atom. The minimum atomic E-state index is -5.93. The molecule has 3 saturated carbocycles. The van der Waals surface area contributed by atoms with E-state index in [1.807, 2.05) is 19.1 Å². The van der Waals surface area contributed by atoms with Crippen LogP contribution in [-0.2, 0) is 0 Å². The Kier molecular flexibility index (Phi) is 10.5. The van der Waals surface area contributed by atoms with Crippen LogP contribution < -0.4 is 0 Å². The van der Waals surface area contributed by atoms with Gasteiger partial charge in [0.05, 0.1) is 11.7 Å². The Morgan fingerprint density at radius 1 is 0.977 bits per heavy atom. The van der Waals surface area contributed by atoms with E-state index in [-0.39, 0.29) is 36.2 Å². The molecule has 3 rings (SSSR count). The lowest BCUT2D eigenvalue weighted by Crippen LogP contribution is -2.55. The molecule has 0 aliphatic heterocycles. The Hall–Kier alpha value is -1.65. The van der Waals surface area contributed by atoms with Crippen LogP contribution in [0.25, 0.3) is 0 Å². The Balaban J connectivity index is 1.93. The summed E-state index contributed by atoms with van der Waals surface area (Å²) in [6, 6.07) is 0. The van der Waals surface area contributed by atoms with Crippen LogP contribution in [-0.4, -0.2) is 51.1 Å². The van der Waals surface area contributed by atoms with E-state index in [9.17, 15) is 46.1 Å². The minimum Gasteiger partial charge on any atom is -0.393 e. The molecule has 6 atom stereocenters. The molecule has 3 fully saturated rings. The van der Waals surface area contributed by atoms with Crippen molar-refractivity contribution >= 4 is 0 Å². The highest BCUT2D eigenvalue weighted by Crippen LogP contribution is 2.64. The average molecular weight is 625 g/mol. The summed E-state index contributed by atoms with van der Waals surface area (Å²) in [4.78, 5) is 0. The molecule has 0 radical (unpaired) electrons. The first-order chi connectivity index (χ1) is 19.5. The van der Waals surface area contributed by atoms with Gasteiger partial charge in [-0.25, -0.2) is 4.39 Å². The molecule has 246 valence electrons. The maximum absolute atomic E-state index is 14.3. The third-order valence-corrected chi connectivity index (χ3v) is 10.4. The highest BCUT2D eigenvalue weighted by atomic mass is 19.4. The van der Waals surface area contributed by atoms with E-state index >= 15 is 0 Å². The second-order valence-corrected chi connectivity index (χ2v) is 14.3. The summed E-state index contributed by atoms with van der Waals surface area (Å²) < 4.78 is 94.4. The number of allylic oxidation sites excluding steroid dienone is 5. The summed E-state index contributed by atoms with van der Waals surface area (Å²) in [6.45, 7) is 11.2. The Morgan fingerprint density at radius 3 is 2.19 bits per heavy atom. The largest absolute Gasteiger partial charge is 0.429 e. The monoisotopic (exact) mass is 624 g/mol. The Labute approximate surface area is 250 Å². The van der Waals surface area contributed by atoms with E-state index < -0.39 is 41.2 Å². The molecule has 0 amide bonds. The van der Waals surface area contributed by atoms with Crippen LogP contribution in [0.4, 0.5) is 30.7 Å². The number of hydrogen-bond donors (Lipinski definition) is 3. The molecular formula is C33H47F7O3. The molecule has 0 bridgehead atoms. The van der Waals surface area contributed by atoms with Gasteiger partial charge in [-0.2, -0.15) is 26.3 Å². The van der Waals surface area contributed by atoms with E-state index in [0.717, 1.165) is 38.2 Å². The van der Waals surface area contributed by atoms with Gasteiger partial charge in [-0.05, 0) is 112 Å². The van der Waals surface area contributed by atoms with Gasteiger partial charge in [0.2, 0.25) is 0 Å². The summed E-state index contributed by atoms with van der Waals surface area (Å²) in [5.41, 5.74) is -4.69. The molecule has 0 aromatic carbocycles. The van der Waals surface area contributed by atoms with Crippen molar-refractivity contribution in [2.75, 3.05) is 0 Å². The maximum atomic E-state index is 14.3. The molecule has 3 nitrogen and oxygen atoms in total.